The van der Waals surface area contributed by atoms with Crippen LogP contribution in [0.5, 0.6) is 0 Å². The van der Waals surface area contributed by atoms with E-state index in [1.165, 1.54) is 0 Å². The van der Waals surface area contributed by atoms with Crippen molar-refractivity contribution in [3.63, 3.8) is 0 Å². The van der Waals surface area contributed by atoms with E-state index in [9.17, 15) is 4.79 Å². The smallest absolute Gasteiger partial charge is 0.273 e. The predicted molar refractivity (Wildman–Crippen MR) is 33.2 cm³/mol. The minimum Gasteiger partial charge on any atom is -0.273 e. The van der Waals surface area contributed by atoms with Crippen LogP contribution in [-0.4, -0.2) is 12.5 Å². The van der Waals surface area contributed by atoms with Crippen molar-refractivity contribution in [2.24, 2.45) is 0 Å². The van der Waals surface area contributed by atoms with Crippen LogP contribution in [0.25, 0.3) is 0 Å². The number of hydrogen-bond donors (Lipinski definition) is 1. The molecule has 3 nitrogen and oxygen atoms in total. The first kappa shape index (κ1) is 7.99. The van der Waals surface area contributed by atoms with Crippen LogP contribution in [0.1, 0.15) is 13.8 Å². The summed E-state index contributed by atoms with van der Waals surface area (Å²) >= 11 is 0. The van der Waals surface area contributed by atoms with Crippen LogP contribution in [0.3, 0.4) is 0 Å². The Morgan fingerprint density at radius 2 is 2.44 bits per heavy atom. The van der Waals surface area contributed by atoms with Gasteiger partial charge in [0, 0.05) is 0 Å². The number of nitrogens with one attached hydrogen (secondary N) is 1. The highest BCUT2D eigenvalue weighted by molar-refractivity contribution is 5.92. The molecule has 0 aliphatic rings. The van der Waals surface area contributed by atoms with Gasteiger partial charge in [-0.25, -0.2) is 5.48 Å². The SMILES string of the molecule is CC#CC(=O)NOCC. The van der Waals surface area contributed by atoms with Crippen LogP contribution in [0, 0.1) is 11.8 Å². The van der Waals surface area contributed by atoms with Crippen molar-refractivity contribution in [3.05, 3.63) is 0 Å². The van der Waals surface area contributed by atoms with E-state index in [1.54, 1.807) is 13.8 Å². The molecule has 0 rings (SSSR count). The molecule has 0 fully saturated rings. The molecule has 0 aromatic rings. The van der Waals surface area contributed by atoms with E-state index in [4.69, 9.17) is 0 Å². The molecule has 50 valence electrons. The molecule has 0 atom stereocenters. The van der Waals surface area contributed by atoms with E-state index in [0.29, 0.717) is 6.61 Å². The molecule has 0 spiro atoms. The lowest BCUT2D eigenvalue weighted by atomic mass is 10.6. The zero-order chi connectivity index (χ0) is 7.11. The van der Waals surface area contributed by atoms with Crippen molar-refractivity contribution in [1.82, 2.24) is 5.48 Å². The monoisotopic (exact) mass is 127 g/mol. The third-order valence-electron chi connectivity index (χ3n) is 0.548. The van der Waals surface area contributed by atoms with Gasteiger partial charge in [-0.15, -0.1) is 0 Å². The van der Waals surface area contributed by atoms with Gasteiger partial charge in [-0.1, -0.05) is 5.92 Å². The first-order chi connectivity index (χ1) is 4.31. The van der Waals surface area contributed by atoms with Crippen molar-refractivity contribution in [2.75, 3.05) is 6.61 Å². The number of carbonyl (C=O) groups is 1. The summed E-state index contributed by atoms with van der Waals surface area (Å²) in [5, 5.41) is 0. The number of carbonyl (C=O) groups excluding carboxylic acids is 1. The fourth-order valence-electron chi connectivity index (χ4n) is 0.277. The van der Waals surface area contributed by atoms with Gasteiger partial charge in [0.1, 0.15) is 0 Å². The normalized spacial score (nSPS) is 7.33. The molecule has 0 unspecified atom stereocenters. The largest absolute Gasteiger partial charge is 0.319 e. The maximum atomic E-state index is 10.4. The van der Waals surface area contributed by atoms with Crippen LogP contribution in [0.15, 0.2) is 0 Å². The lowest BCUT2D eigenvalue weighted by Gasteiger charge is -1.95. The second-order valence-electron chi connectivity index (χ2n) is 1.24. The molecule has 0 aromatic carbocycles. The summed E-state index contributed by atoms with van der Waals surface area (Å²) < 4.78 is 0. The topological polar surface area (TPSA) is 38.3 Å². The number of rotatable bonds is 2. The lowest BCUT2D eigenvalue weighted by Crippen LogP contribution is -2.21. The molecule has 0 bridgehead atoms. The van der Waals surface area contributed by atoms with Crippen molar-refractivity contribution >= 4 is 5.91 Å². The van der Waals surface area contributed by atoms with Crippen molar-refractivity contribution in [1.29, 1.82) is 0 Å². The Bertz CT molecular complexity index is 143. The van der Waals surface area contributed by atoms with Crippen LogP contribution in [-0.2, 0) is 9.63 Å². The van der Waals surface area contributed by atoms with Gasteiger partial charge in [-0.2, -0.15) is 0 Å². The maximum absolute atomic E-state index is 10.4. The molecule has 0 radical (unpaired) electrons. The molecule has 0 saturated carbocycles. The summed E-state index contributed by atoms with van der Waals surface area (Å²) in [6.07, 6.45) is 0. The van der Waals surface area contributed by atoms with Gasteiger partial charge in [-0.3, -0.25) is 9.63 Å². The Balaban J connectivity index is 3.35. The van der Waals surface area contributed by atoms with E-state index >= 15 is 0 Å². The highest BCUT2D eigenvalue weighted by Gasteiger charge is 1.89. The highest BCUT2D eigenvalue weighted by atomic mass is 16.6. The Morgan fingerprint density at radius 1 is 1.78 bits per heavy atom. The Labute approximate surface area is 54.3 Å². The predicted octanol–water partition coefficient (Wildman–Crippen LogP) is 0.0774. The Morgan fingerprint density at radius 3 is 2.89 bits per heavy atom. The zero-order valence-electron chi connectivity index (χ0n) is 5.52. The number of amides is 1. The second-order valence-corrected chi connectivity index (χ2v) is 1.24. The van der Waals surface area contributed by atoms with Gasteiger partial charge < -0.3 is 0 Å². The Kier molecular flexibility index (Phi) is 4.56. The van der Waals surface area contributed by atoms with E-state index in [0.717, 1.165) is 0 Å². The first-order valence-corrected chi connectivity index (χ1v) is 2.65. The van der Waals surface area contributed by atoms with E-state index < -0.39 is 5.91 Å². The summed E-state index contributed by atoms with van der Waals surface area (Å²) in [4.78, 5) is 14.9. The number of hydrogen-bond acceptors (Lipinski definition) is 2. The highest BCUT2D eigenvalue weighted by Crippen LogP contribution is 1.64. The van der Waals surface area contributed by atoms with Gasteiger partial charge in [-0.05, 0) is 19.8 Å². The first-order valence-electron chi connectivity index (χ1n) is 2.65. The summed E-state index contributed by atoms with van der Waals surface area (Å²) in [6.45, 7) is 3.82. The van der Waals surface area contributed by atoms with Crippen LogP contribution < -0.4 is 5.48 Å². The molecule has 0 aliphatic heterocycles. The van der Waals surface area contributed by atoms with Crippen LogP contribution in [0.2, 0.25) is 0 Å². The number of hydroxylamine groups is 1. The summed E-state index contributed by atoms with van der Waals surface area (Å²) in [5.41, 5.74) is 2.12. The zero-order valence-corrected chi connectivity index (χ0v) is 5.52. The molecular weight excluding hydrogens is 118 g/mol. The van der Waals surface area contributed by atoms with Crippen molar-refractivity contribution in [3.8, 4) is 11.8 Å². The molecule has 1 N–H and O–H groups in total. The van der Waals surface area contributed by atoms with Gasteiger partial charge >= 0.3 is 5.91 Å². The molecule has 0 heterocycles. The standard InChI is InChI=1S/C6H9NO2/c1-3-5-6(8)7-9-4-2/h4H2,1-2H3,(H,7,8). The molecule has 3 heteroatoms. The molecular formula is C6H9NO2. The van der Waals surface area contributed by atoms with Crippen LogP contribution >= 0.6 is 0 Å². The van der Waals surface area contributed by atoms with Crippen LogP contribution in [0.4, 0.5) is 0 Å². The van der Waals surface area contributed by atoms with Gasteiger partial charge in [0.15, 0.2) is 0 Å². The Hall–Kier alpha value is -1.01. The van der Waals surface area contributed by atoms with E-state index in [1.807, 2.05) is 0 Å². The average molecular weight is 127 g/mol. The summed E-state index contributed by atoms with van der Waals surface area (Å²) in [6, 6.07) is 0. The minimum absolute atomic E-state index is 0.403. The molecule has 0 aliphatic carbocycles. The van der Waals surface area contributed by atoms with Crippen molar-refractivity contribution < 1.29 is 9.63 Å². The fraction of sp³-hybridized carbons (Fsp3) is 0.500. The molecule has 9 heavy (non-hydrogen) atoms. The van der Waals surface area contributed by atoms with E-state index in [2.05, 4.69) is 22.2 Å². The molecule has 1 amide bonds. The lowest BCUT2D eigenvalue weighted by molar-refractivity contribution is -0.127. The second kappa shape index (κ2) is 5.13. The van der Waals surface area contributed by atoms with Gasteiger partial charge in [0.25, 0.3) is 0 Å². The minimum atomic E-state index is -0.403. The fourth-order valence-corrected chi connectivity index (χ4v) is 0.277. The summed E-state index contributed by atoms with van der Waals surface area (Å²) in [7, 11) is 0. The molecule has 0 saturated heterocycles. The maximum Gasteiger partial charge on any atom is 0.319 e. The van der Waals surface area contributed by atoms with E-state index in [-0.39, 0.29) is 0 Å². The average Bonchev–Trinajstić information content (AvgIpc) is 1.85. The quantitative estimate of drug-likeness (QED) is 0.421. The van der Waals surface area contributed by atoms with Crippen molar-refractivity contribution in [2.45, 2.75) is 13.8 Å². The summed E-state index contributed by atoms with van der Waals surface area (Å²) in [5.74, 6) is 4.29. The molecule has 0 aromatic heterocycles. The third kappa shape index (κ3) is 4.85. The third-order valence-corrected chi connectivity index (χ3v) is 0.548. The van der Waals surface area contributed by atoms with Gasteiger partial charge in [0.05, 0.1) is 6.61 Å². The van der Waals surface area contributed by atoms with Gasteiger partial charge in [0.2, 0.25) is 0 Å².